The number of aliphatic imine (C=N–C) groups is 1. The van der Waals surface area contributed by atoms with E-state index in [9.17, 15) is 19.1 Å². The van der Waals surface area contributed by atoms with E-state index in [1.165, 1.54) is 24.3 Å². The molecule has 0 bridgehead atoms. The SMILES string of the molecule is C=CCn1c(O)c(C(CC)=Nc2cccc(F)c2)c(=O)[nH]c1=O. The van der Waals surface area contributed by atoms with Gasteiger partial charge < -0.3 is 5.11 Å². The average Bonchev–Trinajstić information content (AvgIpc) is 2.50. The molecule has 23 heavy (non-hydrogen) atoms. The van der Waals surface area contributed by atoms with Gasteiger partial charge in [-0.1, -0.05) is 19.1 Å². The molecule has 0 saturated heterocycles. The van der Waals surface area contributed by atoms with Gasteiger partial charge in [0.1, 0.15) is 11.4 Å². The van der Waals surface area contributed by atoms with E-state index in [1.54, 1.807) is 13.0 Å². The van der Waals surface area contributed by atoms with Crippen LogP contribution in [-0.2, 0) is 6.54 Å². The van der Waals surface area contributed by atoms with Gasteiger partial charge in [0.05, 0.1) is 11.4 Å². The number of aromatic amines is 1. The molecule has 2 N–H and O–H groups in total. The van der Waals surface area contributed by atoms with Crippen LogP contribution in [0, 0.1) is 5.82 Å². The molecule has 0 aliphatic rings. The van der Waals surface area contributed by atoms with Crippen molar-refractivity contribution in [2.75, 3.05) is 0 Å². The Labute approximate surface area is 131 Å². The zero-order chi connectivity index (χ0) is 17.0. The quantitative estimate of drug-likeness (QED) is 0.654. The van der Waals surface area contributed by atoms with Crippen molar-refractivity contribution in [3.8, 4) is 5.88 Å². The molecule has 0 fully saturated rings. The van der Waals surface area contributed by atoms with Crippen LogP contribution >= 0.6 is 0 Å². The number of allylic oxidation sites excluding steroid dienone is 1. The molecular formula is C16H16FN3O3. The number of aromatic hydroxyl groups is 1. The lowest BCUT2D eigenvalue weighted by Gasteiger charge is -2.10. The minimum absolute atomic E-state index is 0.0331. The first-order chi connectivity index (χ1) is 11.0. The maximum Gasteiger partial charge on any atom is 0.331 e. The second-order valence-electron chi connectivity index (χ2n) is 4.75. The van der Waals surface area contributed by atoms with Gasteiger partial charge in [0.25, 0.3) is 5.56 Å². The van der Waals surface area contributed by atoms with E-state index >= 15 is 0 Å². The summed E-state index contributed by atoms with van der Waals surface area (Å²) in [6.45, 7) is 5.27. The Morgan fingerprint density at radius 2 is 2.22 bits per heavy atom. The largest absolute Gasteiger partial charge is 0.494 e. The molecule has 1 aromatic carbocycles. The Hall–Kier alpha value is -2.96. The minimum Gasteiger partial charge on any atom is -0.494 e. The molecule has 2 aromatic rings. The van der Waals surface area contributed by atoms with Crippen molar-refractivity contribution in [2.45, 2.75) is 19.9 Å². The number of nitrogens with zero attached hydrogens (tertiary/aromatic N) is 2. The maximum atomic E-state index is 13.3. The van der Waals surface area contributed by atoms with Crippen LogP contribution in [-0.4, -0.2) is 20.4 Å². The fourth-order valence-electron chi connectivity index (χ4n) is 2.13. The van der Waals surface area contributed by atoms with Crippen LogP contribution < -0.4 is 11.2 Å². The number of H-pyrrole nitrogens is 1. The van der Waals surface area contributed by atoms with Gasteiger partial charge in [-0.05, 0) is 24.6 Å². The third-order valence-corrected chi connectivity index (χ3v) is 3.18. The molecule has 6 nitrogen and oxygen atoms in total. The minimum atomic E-state index is -0.746. The molecular weight excluding hydrogens is 301 g/mol. The lowest BCUT2D eigenvalue weighted by atomic mass is 10.1. The monoisotopic (exact) mass is 317 g/mol. The summed E-state index contributed by atoms with van der Waals surface area (Å²) >= 11 is 0. The van der Waals surface area contributed by atoms with E-state index < -0.39 is 22.9 Å². The van der Waals surface area contributed by atoms with Crippen molar-refractivity contribution in [2.24, 2.45) is 4.99 Å². The van der Waals surface area contributed by atoms with Gasteiger partial charge >= 0.3 is 5.69 Å². The number of rotatable bonds is 5. The third kappa shape index (κ3) is 3.45. The summed E-state index contributed by atoms with van der Waals surface area (Å²) in [6, 6.07) is 5.55. The van der Waals surface area contributed by atoms with Crippen molar-refractivity contribution >= 4 is 11.4 Å². The lowest BCUT2D eigenvalue weighted by Crippen LogP contribution is -2.33. The second-order valence-corrected chi connectivity index (χ2v) is 4.75. The Kier molecular flexibility index (Phi) is 4.90. The number of benzene rings is 1. The van der Waals surface area contributed by atoms with Crippen LogP contribution in [0.2, 0.25) is 0 Å². The zero-order valence-corrected chi connectivity index (χ0v) is 12.5. The summed E-state index contributed by atoms with van der Waals surface area (Å²) in [4.78, 5) is 30.1. The second kappa shape index (κ2) is 6.87. The van der Waals surface area contributed by atoms with Crippen LogP contribution in [0.5, 0.6) is 5.88 Å². The lowest BCUT2D eigenvalue weighted by molar-refractivity contribution is 0.409. The Morgan fingerprint density at radius 3 is 2.83 bits per heavy atom. The smallest absolute Gasteiger partial charge is 0.331 e. The van der Waals surface area contributed by atoms with Crippen molar-refractivity contribution in [3.63, 3.8) is 0 Å². The van der Waals surface area contributed by atoms with Crippen molar-refractivity contribution < 1.29 is 9.50 Å². The molecule has 1 aromatic heterocycles. The first kappa shape index (κ1) is 16.4. The summed E-state index contributed by atoms with van der Waals surface area (Å²) in [7, 11) is 0. The molecule has 0 amide bonds. The van der Waals surface area contributed by atoms with Gasteiger partial charge in [-0.2, -0.15) is 0 Å². The van der Waals surface area contributed by atoms with Crippen LogP contribution in [0.3, 0.4) is 0 Å². The summed E-state index contributed by atoms with van der Waals surface area (Å²) in [6.07, 6.45) is 1.72. The highest BCUT2D eigenvalue weighted by Crippen LogP contribution is 2.19. The molecule has 0 unspecified atom stereocenters. The van der Waals surface area contributed by atoms with Gasteiger partial charge in [-0.15, -0.1) is 6.58 Å². The zero-order valence-electron chi connectivity index (χ0n) is 12.5. The van der Waals surface area contributed by atoms with Crippen LogP contribution in [0.1, 0.15) is 18.9 Å². The molecule has 0 aliphatic carbocycles. The summed E-state index contributed by atoms with van der Waals surface area (Å²) in [5, 5.41) is 10.3. The van der Waals surface area contributed by atoms with Gasteiger partial charge in [0.15, 0.2) is 0 Å². The molecule has 1 heterocycles. The first-order valence-electron chi connectivity index (χ1n) is 6.98. The fourth-order valence-corrected chi connectivity index (χ4v) is 2.13. The van der Waals surface area contributed by atoms with E-state index in [4.69, 9.17) is 0 Å². The molecule has 120 valence electrons. The highest BCUT2D eigenvalue weighted by atomic mass is 19.1. The molecule has 0 saturated carbocycles. The Balaban J connectivity index is 2.67. The highest BCUT2D eigenvalue weighted by Gasteiger charge is 2.18. The molecule has 0 radical (unpaired) electrons. The van der Waals surface area contributed by atoms with Crippen molar-refractivity contribution in [1.82, 2.24) is 9.55 Å². The van der Waals surface area contributed by atoms with Gasteiger partial charge in [0.2, 0.25) is 5.88 Å². The van der Waals surface area contributed by atoms with Crippen LogP contribution in [0.15, 0.2) is 51.5 Å². The molecule has 7 heteroatoms. The Bertz CT molecular complexity index is 881. The number of halogens is 1. The normalized spacial score (nSPS) is 11.5. The van der Waals surface area contributed by atoms with Crippen LogP contribution in [0.25, 0.3) is 0 Å². The molecule has 2 rings (SSSR count). The molecule has 0 aliphatic heterocycles. The predicted molar refractivity (Wildman–Crippen MR) is 86.1 cm³/mol. The fraction of sp³-hybridized carbons (Fsp3) is 0.188. The number of hydrogen-bond donors (Lipinski definition) is 2. The van der Waals surface area contributed by atoms with E-state index in [1.807, 2.05) is 0 Å². The van der Waals surface area contributed by atoms with E-state index in [0.717, 1.165) is 4.57 Å². The maximum absolute atomic E-state index is 13.3. The average molecular weight is 317 g/mol. The first-order valence-corrected chi connectivity index (χ1v) is 6.98. The van der Waals surface area contributed by atoms with Gasteiger partial charge in [-0.3, -0.25) is 19.3 Å². The molecule has 0 atom stereocenters. The van der Waals surface area contributed by atoms with E-state index in [0.29, 0.717) is 12.1 Å². The summed E-state index contributed by atoms with van der Waals surface area (Å²) in [5.74, 6) is -0.952. The van der Waals surface area contributed by atoms with Gasteiger partial charge in [-0.25, -0.2) is 9.18 Å². The third-order valence-electron chi connectivity index (χ3n) is 3.18. The topological polar surface area (TPSA) is 87.4 Å². The standard InChI is InChI=1S/C16H16FN3O3/c1-3-8-20-15(22)13(14(21)19-16(20)23)12(4-2)18-11-7-5-6-10(17)9-11/h3,5-7,9,22H,1,4,8H2,2H3,(H,19,21,23). The van der Waals surface area contributed by atoms with E-state index in [-0.39, 0.29) is 17.8 Å². The number of nitrogens with one attached hydrogen (secondary N) is 1. The van der Waals surface area contributed by atoms with Crippen LogP contribution in [0.4, 0.5) is 10.1 Å². The van der Waals surface area contributed by atoms with Gasteiger partial charge in [0, 0.05) is 6.54 Å². The Morgan fingerprint density at radius 1 is 1.48 bits per heavy atom. The van der Waals surface area contributed by atoms with Crippen molar-refractivity contribution in [1.29, 1.82) is 0 Å². The summed E-state index contributed by atoms with van der Waals surface area (Å²) in [5.41, 5.74) is -1.05. The van der Waals surface area contributed by atoms with E-state index in [2.05, 4.69) is 16.6 Å². The summed E-state index contributed by atoms with van der Waals surface area (Å²) < 4.78 is 14.2. The number of aromatic nitrogens is 2. The van der Waals surface area contributed by atoms with Crippen molar-refractivity contribution in [3.05, 3.63) is 69.1 Å². The number of hydrogen-bond acceptors (Lipinski definition) is 4. The highest BCUT2D eigenvalue weighted by molar-refractivity contribution is 6.03. The predicted octanol–water partition coefficient (Wildman–Crippen LogP) is 2.10. The molecule has 0 spiro atoms.